The molecule has 0 unspecified atom stereocenters. The molecule has 33 heavy (non-hydrogen) atoms. The quantitative estimate of drug-likeness (QED) is 0.216. The van der Waals surface area contributed by atoms with Crippen molar-refractivity contribution in [2.24, 2.45) is 0 Å². The minimum Gasteiger partial charge on any atom is -0.207 e. The Morgan fingerprint density at radius 1 is 0.545 bits per heavy atom. The van der Waals surface area contributed by atoms with E-state index in [0.29, 0.717) is 23.8 Å². The maximum atomic E-state index is 15.1. The average molecular weight is 443 g/mol. The number of fused-ring (bicyclic) bond motifs is 1. The van der Waals surface area contributed by atoms with Crippen LogP contribution in [-0.2, 0) is 32.1 Å². The van der Waals surface area contributed by atoms with Crippen molar-refractivity contribution in [1.82, 2.24) is 0 Å². The molecule has 170 valence electrons. The molecule has 0 saturated heterocycles. The van der Waals surface area contributed by atoms with Crippen molar-refractivity contribution in [1.29, 1.82) is 0 Å². The Hall–Kier alpha value is -3.00. The fraction of sp³-hybridized carbons (Fsp3) is 0.290. The first-order valence-electron chi connectivity index (χ1n) is 12.1. The van der Waals surface area contributed by atoms with Gasteiger partial charge in [0.2, 0.25) is 0 Å². The molecule has 0 aliphatic heterocycles. The molecule has 0 aliphatic rings. The second-order valence-electron chi connectivity index (χ2n) is 8.99. The fourth-order valence-corrected chi connectivity index (χ4v) is 4.41. The molecule has 0 aromatic heterocycles. The number of aryl methyl sites for hydroxylation is 5. The van der Waals surface area contributed by atoms with Gasteiger partial charge in [-0.25, -0.2) is 8.78 Å². The Bertz CT molecular complexity index is 1170. The van der Waals surface area contributed by atoms with Gasteiger partial charge >= 0.3 is 0 Å². The van der Waals surface area contributed by atoms with Crippen molar-refractivity contribution in [3.63, 3.8) is 0 Å². The summed E-state index contributed by atoms with van der Waals surface area (Å²) in [5, 5.41) is 1.62. The molecule has 0 N–H and O–H groups in total. The van der Waals surface area contributed by atoms with Gasteiger partial charge in [-0.1, -0.05) is 86.5 Å². The maximum Gasteiger partial charge on any atom is 0.134 e. The van der Waals surface area contributed by atoms with E-state index in [0.717, 1.165) is 30.2 Å². The van der Waals surface area contributed by atoms with Crippen molar-refractivity contribution >= 4 is 10.8 Å². The van der Waals surface area contributed by atoms with E-state index in [1.807, 2.05) is 24.3 Å². The molecule has 0 spiro atoms. The van der Waals surface area contributed by atoms with Gasteiger partial charge in [-0.3, -0.25) is 0 Å². The molecule has 0 bridgehead atoms. The van der Waals surface area contributed by atoms with Crippen LogP contribution in [0.25, 0.3) is 10.8 Å². The predicted molar refractivity (Wildman–Crippen MR) is 135 cm³/mol. The van der Waals surface area contributed by atoms with Crippen LogP contribution in [0.2, 0.25) is 0 Å². The van der Waals surface area contributed by atoms with Crippen LogP contribution in [0.1, 0.15) is 54.0 Å². The molecule has 0 saturated carbocycles. The van der Waals surface area contributed by atoms with Crippen LogP contribution in [0.15, 0.2) is 78.9 Å². The zero-order valence-corrected chi connectivity index (χ0v) is 19.4. The molecule has 0 heterocycles. The third-order valence-corrected chi connectivity index (χ3v) is 6.49. The Kier molecular flexibility index (Phi) is 7.88. The van der Waals surface area contributed by atoms with Gasteiger partial charge < -0.3 is 0 Å². The van der Waals surface area contributed by atoms with Crippen LogP contribution < -0.4 is 0 Å². The summed E-state index contributed by atoms with van der Waals surface area (Å²) in [7, 11) is 0. The molecule has 0 aliphatic carbocycles. The van der Waals surface area contributed by atoms with E-state index in [2.05, 4.69) is 37.3 Å². The molecule has 0 fully saturated rings. The number of hydrogen-bond donors (Lipinski definition) is 0. The third kappa shape index (κ3) is 6.28. The lowest BCUT2D eigenvalue weighted by Gasteiger charge is -2.09. The second-order valence-corrected chi connectivity index (χ2v) is 8.99. The van der Waals surface area contributed by atoms with Crippen molar-refractivity contribution in [3.8, 4) is 0 Å². The van der Waals surface area contributed by atoms with Crippen LogP contribution in [-0.4, -0.2) is 0 Å². The zero-order chi connectivity index (χ0) is 23.0. The van der Waals surface area contributed by atoms with E-state index in [9.17, 15) is 4.39 Å². The normalized spacial score (nSPS) is 11.2. The Balaban J connectivity index is 1.37. The zero-order valence-electron chi connectivity index (χ0n) is 19.4. The lowest BCUT2D eigenvalue weighted by Crippen LogP contribution is -1.97. The summed E-state index contributed by atoms with van der Waals surface area (Å²) in [6.07, 6.45) is 8.19. The SMILES string of the molecule is CCCCCc1ccc(CCc2ccc3c(F)c(CCc4ccc(F)cc4)ccc3c2)cc1. The highest BCUT2D eigenvalue weighted by molar-refractivity contribution is 5.84. The Labute approximate surface area is 196 Å². The van der Waals surface area contributed by atoms with Crippen LogP contribution in [0.3, 0.4) is 0 Å². The molecule has 0 amide bonds. The first-order chi connectivity index (χ1) is 16.1. The van der Waals surface area contributed by atoms with E-state index < -0.39 is 0 Å². The van der Waals surface area contributed by atoms with Crippen molar-refractivity contribution in [2.45, 2.75) is 58.3 Å². The third-order valence-electron chi connectivity index (χ3n) is 6.49. The number of benzene rings is 4. The van der Waals surface area contributed by atoms with Crippen LogP contribution >= 0.6 is 0 Å². The molecule has 0 radical (unpaired) electrons. The van der Waals surface area contributed by atoms with E-state index in [-0.39, 0.29) is 11.6 Å². The Morgan fingerprint density at radius 2 is 1.12 bits per heavy atom. The maximum absolute atomic E-state index is 15.1. The average Bonchev–Trinajstić information content (AvgIpc) is 2.84. The first kappa shape index (κ1) is 23.2. The van der Waals surface area contributed by atoms with Gasteiger partial charge in [0.15, 0.2) is 0 Å². The summed E-state index contributed by atoms with van der Waals surface area (Å²) in [4.78, 5) is 0. The summed E-state index contributed by atoms with van der Waals surface area (Å²) in [6, 6.07) is 25.4. The minimum atomic E-state index is -0.245. The highest BCUT2D eigenvalue weighted by atomic mass is 19.1. The Morgan fingerprint density at radius 3 is 1.82 bits per heavy atom. The lowest BCUT2D eigenvalue weighted by atomic mass is 9.97. The summed E-state index contributed by atoms with van der Waals surface area (Å²) in [5.74, 6) is -0.384. The highest BCUT2D eigenvalue weighted by Crippen LogP contribution is 2.24. The molecular formula is C31H32F2. The lowest BCUT2D eigenvalue weighted by molar-refractivity contribution is 0.619. The summed E-state index contributed by atoms with van der Waals surface area (Å²) in [6.45, 7) is 2.24. The molecule has 0 nitrogen and oxygen atoms in total. The molecule has 4 aromatic rings. The van der Waals surface area contributed by atoms with Crippen molar-refractivity contribution < 1.29 is 8.78 Å². The minimum absolute atomic E-state index is 0.139. The van der Waals surface area contributed by atoms with Crippen LogP contribution in [0, 0.1) is 11.6 Å². The van der Waals surface area contributed by atoms with Crippen LogP contribution in [0.4, 0.5) is 8.78 Å². The van der Waals surface area contributed by atoms with E-state index in [4.69, 9.17) is 0 Å². The fourth-order valence-electron chi connectivity index (χ4n) is 4.41. The largest absolute Gasteiger partial charge is 0.207 e. The van der Waals surface area contributed by atoms with Crippen molar-refractivity contribution in [2.75, 3.05) is 0 Å². The van der Waals surface area contributed by atoms with Crippen molar-refractivity contribution in [3.05, 3.63) is 118 Å². The monoisotopic (exact) mass is 442 g/mol. The number of unbranched alkanes of at least 4 members (excludes halogenated alkanes) is 2. The van der Waals surface area contributed by atoms with Gasteiger partial charge in [0.1, 0.15) is 11.6 Å². The first-order valence-corrected chi connectivity index (χ1v) is 12.1. The van der Waals surface area contributed by atoms with E-state index in [1.54, 1.807) is 12.1 Å². The number of halogens is 2. The van der Waals surface area contributed by atoms with Gasteiger partial charge in [-0.05, 0) is 83.9 Å². The van der Waals surface area contributed by atoms with Crippen LogP contribution in [0.5, 0.6) is 0 Å². The standard InChI is InChI=1S/C31H32F2/c1-2-3-4-5-23-6-8-24(9-7-23)10-11-26-15-21-30-28(22-26)18-17-27(31(30)33)16-12-25-13-19-29(32)20-14-25/h6-9,13-15,17-22H,2-5,10-12,16H2,1H3. The van der Waals surface area contributed by atoms with E-state index >= 15 is 4.39 Å². The number of rotatable bonds is 10. The topological polar surface area (TPSA) is 0 Å². The smallest absolute Gasteiger partial charge is 0.134 e. The summed E-state index contributed by atoms with van der Waals surface area (Å²) >= 11 is 0. The number of hydrogen-bond acceptors (Lipinski definition) is 0. The second kappa shape index (κ2) is 11.2. The summed E-state index contributed by atoms with van der Waals surface area (Å²) in [5.41, 5.74) is 5.71. The molecule has 2 heteroatoms. The summed E-state index contributed by atoms with van der Waals surface area (Å²) < 4.78 is 28.2. The molecule has 0 atom stereocenters. The van der Waals surface area contributed by atoms with Gasteiger partial charge in [0.05, 0.1) is 0 Å². The van der Waals surface area contributed by atoms with Gasteiger partial charge in [0, 0.05) is 5.39 Å². The molecule has 4 aromatic carbocycles. The van der Waals surface area contributed by atoms with Gasteiger partial charge in [-0.2, -0.15) is 0 Å². The molecule has 4 rings (SSSR count). The highest BCUT2D eigenvalue weighted by Gasteiger charge is 2.09. The van der Waals surface area contributed by atoms with E-state index in [1.165, 1.54) is 48.1 Å². The predicted octanol–water partition coefficient (Wildman–Crippen LogP) is 8.42. The van der Waals surface area contributed by atoms with Gasteiger partial charge in [-0.15, -0.1) is 0 Å². The molecular weight excluding hydrogens is 410 g/mol. The van der Waals surface area contributed by atoms with Gasteiger partial charge in [0.25, 0.3) is 0 Å².